The molecule has 0 spiro atoms. The first-order chi connectivity index (χ1) is 9.97. The van der Waals surface area contributed by atoms with Crippen LogP contribution in [0.15, 0.2) is 30.5 Å². The van der Waals surface area contributed by atoms with Crippen LogP contribution in [0.1, 0.15) is 15.9 Å². The van der Waals surface area contributed by atoms with Crippen LogP contribution in [0.4, 0.5) is 4.39 Å². The van der Waals surface area contributed by atoms with Gasteiger partial charge in [-0.1, -0.05) is 11.6 Å². The highest BCUT2D eigenvalue weighted by molar-refractivity contribution is 6.33. The summed E-state index contributed by atoms with van der Waals surface area (Å²) in [5.41, 5.74) is 1.69. The van der Waals surface area contributed by atoms with Crippen LogP contribution in [0.25, 0.3) is 17.0 Å². The van der Waals surface area contributed by atoms with Gasteiger partial charge in [0.1, 0.15) is 5.82 Å². The van der Waals surface area contributed by atoms with Gasteiger partial charge in [-0.05, 0) is 36.8 Å². The first-order valence-corrected chi connectivity index (χ1v) is 6.39. The first kappa shape index (κ1) is 13.5. The van der Waals surface area contributed by atoms with Crippen LogP contribution < -0.4 is 0 Å². The number of nitrogens with zero attached hydrogens (tertiary/aromatic N) is 3. The number of carbonyl (C=O) groups is 1. The summed E-state index contributed by atoms with van der Waals surface area (Å²) < 4.78 is 14.7. The van der Waals surface area contributed by atoms with Crippen molar-refractivity contribution < 1.29 is 14.3 Å². The number of pyridine rings is 1. The topological polar surface area (TPSA) is 67.5 Å². The molecular weight excluding hydrogens is 297 g/mol. The van der Waals surface area contributed by atoms with Crippen LogP contribution in [-0.4, -0.2) is 25.7 Å². The van der Waals surface area contributed by atoms with Gasteiger partial charge in [0.15, 0.2) is 11.5 Å². The molecule has 0 atom stereocenters. The highest BCUT2D eigenvalue weighted by Crippen LogP contribution is 2.26. The van der Waals surface area contributed by atoms with E-state index in [2.05, 4.69) is 10.2 Å². The molecule has 0 aliphatic rings. The Balaban J connectivity index is 2.30. The number of rotatable bonds is 2. The molecule has 1 N–H and O–H groups in total. The van der Waals surface area contributed by atoms with Gasteiger partial charge in [0.05, 0.1) is 10.6 Å². The lowest BCUT2D eigenvalue weighted by Crippen LogP contribution is -2.01. The van der Waals surface area contributed by atoms with Gasteiger partial charge in [-0.15, -0.1) is 10.2 Å². The normalized spacial score (nSPS) is 11.0. The summed E-state index contributed by atoms with van der Waals surface area (Å²) in [6.07, 6.45) is 1.39. The van der Waals surface area contributed by atoms with E-state index in [-0.39, 0.29) is 16.4 Å². The van der Waals surface area contributed by atoms with Gasteiger partial charge in [0.25, 0.3) is 0 Å². The maximum absolute atomic E-state index is 13.2. The van der Waals surface area contributed by atoms with Gasteiger partial charge >= 0.3 is 5.97 Å². The average Bonchev–Trinajstić information content (AvgIpc) is 2.83. The second kappa shape index (κ2) is 4.82. The van der Waals surface area contributed by atoms with Gasteiger partial charge < -0.3 is 5.11 Å². The van der Waals surface area contributed by atoms with Crippen molar-refractivity contribution in [2.45, 2.75) is 6.92 Å². The Morgan fingerprint density at radius 2 is 2.10 bits per heavy atom. The molecule has 0 unspecified atom stereocenters. The molecule has 7 heteroatoms. The predicted molar refractivity (Wildman–Crippen MR) is 75.1 cm³/mol. The zero-order valence-electron chi connectivity index (χ0n) is 10.8. The highest BCUT2D eigenvalue weighted by atomic mass is 35.5. The average molecular weight is 306 g/mol. The standard InChI is InChI=1S/C14H9ClFN3O2/c1-7-4-9(16)2-3-10(7)12-17-18-13-11(15)5-8(14(20)21)6-19(12)13/h2-6H,1H3,(H,20,21). The second-order valence-electron chi connectivity index (χ2n) is 4.56. The quantitative estimate of drug-likeness (QED) is 0.789. The minimum absolute atomic E-state index is 0.0216. The van der Waals surface area contributed by atoms with Crippen molar-refractivity contribution in [2.24, 2.45) is 0 Å². The van der Waals surface area contributed by atoms with Crippen LogP contribution in [0.3, 0.4) is 0 Å². The lowest BCUT2D eigenvalue weighted by molar-refractivity contribution is 0.0696. The van der Waals surface area contributed by atoms with Crippen LogP contribution in [0, 0.1) is 12.7 Å². The molecule has 21 heavy (non-hydrogen) atoms. The number of halogens is 2. The van der Waals surface area contributed by atoms with Gasteiger partial charge in [0, 0.05) is 11.8 Å². The number of aromatic nitrogens is 3. The lowest BCUT2D eigenvalue weighted by atomic mass is 10.1. The molecule has 0 amide bonds. The Labute approximate surface area is 123 Å². The maximum Gasteiger partial charge on any atom is 0.337 e. The third-order valence-electron chi connectivity index (χ3n) is 3.14. The van der Waals surface area contributed by atoms with Crippen molar-refractivity contribution in [3.05, 3.63) is 52.4 Å². The molecule has 3 aromatic rings. The molecule has 2 aromatic heterocycles. The van der Waals surface area contributed by atoms with E-state index in [1.807, 2.05) is 0 Å². The number of aryl methyl sites for hydroxylation is 1. The fourth-order valence-corrected chi connectivity index (χ4v) is 2.38. The third-order valence-corrected chi connectivity index (χ3v) is 3.41. The third kappa shape index (κ3) is 2.23. The summed E-state index contributed by atoms with van der Waals surface area (Å²) in [5, 5.41) is 17.3. The van der Waals surface area contributed by atoms with Gasteiger partial charge in [-0.2, -0.15) is 0 Å². The van der Waals surface area contributed by atoms with Gasteiger partial charge in [-0.3, -0.25) is 4.40 Å². The molecule has 0 saturated heterocycles. The molecule has 3 rings (SSSR count). The van der Waals surface area contributed by atoms with E-state index in [4.69, 9.17) is 16.7 Å². The minimum Gasteiger partial charge on any atom is -0.478 e. The first-order valence-electron chi connectivity index (χ1n) is 6.01. The smallest absolute Gasteiger partial charge is 0.337 e. The van der Waals surface area contributed by atoms with E-state index in [9.17, 15) is 9.18 Å². The molecule has 0 fully saturated rings. The SMILES string of the molecule is Cc1cc(F)ccc1-c1nnc2c(Cl)cc(C(=O)O)cn12. The number of aromatic carboxylic acids is 1. The zero-order valence-corrected chi connectivity index (χ0v) is 11.6. The fraction of sp³-hybridized carbons (Fsp3) is 0.0714. The predicted octanol–water partition coefficient (Wildman–Crippen LogP) is 3.20. The van der Waals surface area contributed by atoms with Crippen molar-refractivity contribution in [1.29, 1.82) is 0 Å². The summed E-state index contributed by atoms with van der Waals surface area (Å²) in [7, 11) is 0. The molecule has 2 heterocycles. The number of hydrogen-bond donors (Lipinski definition) is 1. The van der Waals surface area contributed by atoms with Crippen LogP contribution >= 0.6 is 11.6 Å². The molecule has 1 aromatic carbocycles. The zero-order chi connectivity index (χ0) is 15.1. The van der Waals surface area contributed by atoms with E-state index in [1.54, 1.807) is 13.0 Å². The summed E-state index contributed by atoms with van der Waals surface area (Å²) in [5.74, 6) is -1.05. The fourth-order valence-electron chi connectivity index (χ4n) is 2.13. The van der Waals surface area contributed by atoms with Crippen molar-refractivity contribution in [2.75, 3.05) is 0 Å². The van der Waals surface area contributed by atoms with E-state index >= 15 is 0 Å². The monoisotopic (exact) mass is 305 g/mol. The van der Waals surface area contributed by atoms with Crippen molar-refractivity contribution in [1.82, 2.24) is 14.6 Å². The van der Waals surface area contributed by atoms with Crippen LogP contribution in [-0.2, 0) is 0 Å². The Morgan fingerprint density at radius 3 is 2.76 bits per heavy atom. The number of hydrogen-bond acceptors (Lipinski definition) is 3. The molecule has 0 saturated carbocycles. The molecule has 0 aliphatic carbocycles. The van der Waals surface area contributed by atoms with E-state index in [1.165, 1.54) is 28.8 Å². The largest absolute Gasteiger partial charge is 0.478 e. The summed E-state index contributed by atoms with van der Waals surface area (Å²) in [4.78, 5) is 11.1. The molecule has 106 valence electrons. The van der Waals surface area contributed by atoms with Gasteiger partial charge in [-0.25, -0.2) is 9.18 Å². The van der Waals surface area contributed by atoms with Crippen LogP contribution in [0.5, 0.6) is 0 Å². The van der Waals surface area contributed by atoms with Crippen LogP contribution in [0.2, 0.25) is 5.02 Å². The molecule has 0 bridgehead atoms. The molecular formula is C14H9ClFN3O2. The Hall–Kier alpha value is -2.47. The molecule has 0 aliphatic heterocycles. The summed E-state index contributed by atoms with van der Waals surface area (Å²) in [6.45, 7) is 1.74. The van der Waals surface area contributed by atoms with E-state index in [0.29, 0.717) is 22.6 Å². The van der Waals surface area contributed by atoms with Gasteiger partial charge in [0.2, 0.25) is 0 Å². The molecule has 0 radical (unpaired) electrons. The number of carboxylic acids is 1. The summed E-state index contributed by atoms with van der Waals surface area (Å²) >= 11 is 6.03. The number of fused-ring (bicyclic) bond motifs is 1. The van der Waals surface area contributed by atoms with Crippen molar-refractivity contribution >= 4 is 23.2 Å². The van der Waals surface area contributed by atoms with E-state index in [0.717, 1.165) is 0 Å². The second-order valence-corrected chi connectivity index (χ2v) is 4.97. The lowest BCUT2D eigenvalue weighted by Gasteiger charge is -2.05. The number of benzene rings is 1. The number of carboxylic acid groups (broad SMARTS) is 1. The van der Waals surface area contributed by atoms with Crippen molar-refractivity contribution in [3.63, 3.8) is 0 Å². The Morgan fingerprint density at radius 1 is 1.33 bits per heavy atom. The molecule has 5 nitrogen and oxygen atoms in total. The van der Waals surface area contributed by atoms with Crippen molar-refractivity contribution in [3.8, 4) is 11.4 Å². The highest BCUT2D eigenvalue weighted by Gasteiger charge is 2.16. The maximum atomic E-state index is 13.2. The van der Waals surface area contributed by atoms with E-state index < -0.39 is 5.97 Å². The summed E-state index contributed by atoms with van der Waals surface area (Å²) in [6, 6.07) is 5.57. The Bertz CT molecular complexity index is 876. The minimum atomic E-state index is -1.10. The Kier molecular flexibility index (Phi) is 3.10.